The monoisotopic (exact) mass is 310 g/mol. The average molecular weight is 310 g/mol. The van der Waals surface area contributed by atoms with Gasteiger partial charge in [0.25, 0.3) is 0 Å². The lowest BCUT2D eigenvalue weighted by Gasteiger charge is -2.12. The summed E-state index contributed by atoms with van der Waals surface area (Å²) in [5.74, 6) is 7.71. The highest BCUT2D eigenvalue weighted by Gasteiger charge is 2.35. The number of rotatable bonds is 4. The normalized spacial score (nSPS) is 24.4. The molecule has 23 heavy (non-hydrogen) atoms. The Morgan fingerprint density at radius 1 is 1.39 bits per heavy atom. The summed E-state index contributed by atoms with van der Waals surface area (Å²) in [4.78, 5) is 7.85. The van der Waals surface area contributed by atoms with E-state index in [4.69, 9.17) is 9.57 Å². The van der Waals surface area contributed by atoms with Crippen molar-refractivity contribution >= 4 is 5.71 Å². The smallest absolute Gasteiger partial charge is 0.136 e. The first-order valence-electron chi connectivity index (χ1n) is 7.98. The van der Waals surface area contributed by atoms with Gasteiger partial charge in [0.2, 0.25) is 0 Å². The molecule has 2 aliphatic rings. The second-order valence-electron chi connectivity index (χ2n) is 5.96. The van der Waals surface area contributed by atoms with Crippen molar-refractivity contribution in [3.63, 3.8) is 0 Å². The molecule has 0 spiro atoms. The van der Waals surface area contributed by atoms with E-state index < -0.39 is 0 Å². The zero-order valence-electron chi connectivity index (χ0n) is 13.7. The minimum Gasteiger partial charge on any atom is -0.497 e. The fraction of sp³-hybridized carbons (Fsp3) is 0.421. The number of methoxy groups -OCH3 is 1. The van der Waals surface area contributed by atoms with Gasteiger partial charge in [0.1, 0.15) is 12.4 Å². The number of hydrogen-bond donors (Lipinski definition) is 0. The van der Waals surface area contributed by atoms with Crippen molar-refractivity contribution < 1.29 is 9.57 Å². The van der Waals surface area contributed by atoms with E-state index in [1.165, 1.54) is 18.7 Å². The van der Waals surface area contributed by atoms with Crippen molar-refractivity contribution in [3.8, 4) is 17.6 Å². The van der Waals surface area contributed by atoms with Gasteiger partial charge in [0.05, 0.1) is 12.8 Å². The highest BCUT2D eigenvalue weighted by molar-refractivity contribution is 5.91. The molecule has 2 bridgehead atoms. The van der Waals surface area contributed by atoms with Gasteiger partial charge in [-0.1, -0.05) is 17.0 Å². The predicted molar refractivity (Wildman–Crippen MR) is 91.6 cm³/mol. The second-order valence-corrected chi connectivity index (χ2v) is 5.96. The zero-order chi connectivity index (χ0) is 16.1. The molecule has 120 valence electrons. The maximum atomic E-state index is 5.42. The molecule has 1 aromatic carbocycles. The quantitative estimate of drug-likeness (QED) is 0.487. The van der Waals surface area contributed by atoms with Crippen LogP contribution < -0.4 is 4.74 Å². The Labute approximate surface area is 137 Å². The minimum absolute atomic E-state index is 0.472. The van der Waals surface area contributed by atoms with Crippen LogP contribution in [0.15, 0.2) is 41.1 Å². The van der Waals surface area contributed by atoms with E-state index in [9.17, 15) is 0 Å². The Kier molecular flexibility index (Phi) is 4.99. The van der Waals surface area contributed by atoms with Crippen LogP contribution in [0.3, 0.4) is 0 Å². The Morgan fingerprint density at radius 2 is 2.22 bits per heavy atom. The molecule has 2 unspecified atom stereocenters. The molecule has 0 N–H and O–H groups in total. The first kappa shape index (κ1) is 15.6. The highest BCUT2D eigenvalue weighted by atomic mass is 16.6. The van der Waals surface area contributed by atoms with Gasteiger partial charge in [-0.05, 0) is 55.8 Å². The lowest BCUT2D eigenvalue weighted by molar-refractivity contribution is 0.171. The Balaban J connectivity index is 1.48. The molecular weight excluding hydrogens is 288 g/mol. The zero-order valence-corrected chi connectivity index (χ0v) is 13.7. The molecule has 2 atom stereocenters. The van der Waals surface area contributed by atoms with Gasteiger partial charge in [-0.25, -0.2) is 0 Å². The second kappa shape index (κ2) is 7.34. The summed E-state index contributed by atoms with van der Waals surface area (Å²) >= 11 is 0. The maximum absolute atomic E-state index is 5.42. The molecule has 2 fully saturated rings. The Morgan fingerprint density at radius 3 is 2.87 bits per heavy atom. The van der Waals surface area contributed by atoms with Gasteiger partial charge in [-0.2, -0.15) is 0 Å². The summed E-state index contributed by atoms with van der Waals surface area (Å²) in [6.07, 6.45) is 3.19. The van der Waals surface area contributed by atoms with Gasteiger partial charge in [-0.15, -0.1) is 0 Å². The largest absolute Gasteiger partial charge is 0.497 e. The van der Waals surface area contributed by atoms with Crippen LogP contribution in [0, 0.1) is 17.8 Å². The Bertz CT molecular complexity index is 665. The summed E-state index contributed by atoms with van der Waals surface area (Å²) in [6, 6.07) is 7.72. The highest BCUT2D eigenvalue weighted by Crippen LogP contribution is 2.25. The molecule has 0 aromatic heterocycles. The van der Waals surface area contributed by atoms with Gasteiger partial charge in [0, 0.05) is 24.6 Å². The van der Waals surface area contributed by atoms with Gasteiger partial charge >= 0.3 is 0 Å². The molecule has 4 nitrogen and oxygen atoms in total. The van der Waals surface area contributed by atoms with E-state index in [0.29, 0.717) is 12.5 Å². The predicted octanol–water partition coefficient (Wildman–Crippen LogP) is 2.70. The van der Waals surface area contributed by atoms with Gasteiger partial charge < -0.3 is 9.57 Å². The number of piperidine rings is 1. The summed E-state index contributed by atoms with van der Waals surface area (Å²) in [7, 11) is 1.66. The third-order valence-electron chi connectivity index (χ3n) is 4.27. The molecular formula is C19H22N2O2. The number of oxime groups is 1. The van der Waals surface area contributed by atoms with Crippen molar-refractivity contribution in [1.29, 1.82) is 0 Å². The van der Waals surface area contributed by atoms with E-state index in [-0.39, 0.29) is 0 Å². The molecule has 2 aliphatic heterocycles. The standard InChI is InChI=1S/C19H22N2O2/c1-15(3-4-16-5-7-18(22-2)8-6-16)10-12-23-20-19-14-21-11-9-17(19)13-21/h5-8,10,17H,9,11-14H2,1-2H3/b15-10+,20-19-. The molecule has 0 radical (unpaired) electrons. The van der Waals surface area contributed by atoms with Crippen LogP contribution in [0.25, 0.3) is 0 Å². The molecule has 4 heteroatoms. The summed E-state index contributed by atoms with van der Waals surface area (Å²) in [5, 5.41) is 4.28. The van der Waals surface area contributed by atoms with Crippen LogP contribution in [0.2, 0.25) is 0 Å². The first-order valence-corrected chi connectivity index (χ1v) is 7.98. The van der Waals surface area contributed by atoms with E-state index in [1.54, 1.807) is 7.11 Å². The van der Waals surface area contributed by atoms with Gasteiger partial charge in [-0.3, -0.25) is 4.90 Å². The lowest BCUT2D eigenvalue weighted by atomic mass is 10.0. The first-order chi connectivity index (χ1) is 11.2. The van der Waals surface area contributed by atoms with E-state index in [0.717, 1.165) is 30.0 Å². The molecule has 0 aliphatic carbocycles. The van der Waals surface area contributed by atoms with E-state index in [1.807, 2.05) is 37.3 Å². The molecule has 0 amide bonds. The average Bonchev–Trinajstić information content (AvgIpc) is 3.20. The number of nitrogens with zero attached hydrogens (tertiary/aromatic N) is 2. The molecule has 2 saturated heterocycles. The van der Waals surface area contributed by atoms with Crippen LogP contribution in [0.4, 0.5) is 0 Å². The van der Waals surface area contributed by atoms with E-state index in [2.05, 4.69) is 21.9 Å². The van der Waals surface area contributed by atoms with Crippen molar-refractivity contribution in [2.24, 2.45) is 11.1 Å². The van der Waals surface area contributed by atoms with Crippen molar-refractivity contribution in [2.75, 3.05) is 33.4 Å². The Hall–Kier alpha value is -2.25. The molecule has 3 rings (SSSR count). The van der Waals surface area contributed by atoms with Crippen molar-refractivity contribution in [2.45, 2.75) is 13.3 Å². The van der Waals surface area contributed by atoms with Gasteiger partial charge in [0.15, 0.2) is 0 Å². The fourth-order valence-electron chi connectivity index (χ4n) is 2.89. The van der Waals surface area contributed by atoms with Crippen LogP contribution in [-0.2, 0) is 4.84 Å². The topological polar surface area (TPSA) is 34.1 Å². The lowest BCUT2D eigenvalue weighted by Crippen LogP contribution is -2.23. The SMILES string of the molecule is COc1ccc(C#C/C(C)=C/CO/N=C2/CN3CCC2C3)cc1. The molecule has 2 heterocycles. The number of ether oxygens (including phenoxy) is 1. The number of benzene rings is 1. The van der Waals surface area contributed by atoms with Crippen molar-refractivity contribution in [1.82, 2.24) is 4.90 Å². The number of allylic oxidation sites excluding steroid dienone is 1. The fourth-order valence-corrected chi connectivity index (χ4v) is 2.89. The van der Waals surface area contributed by atoms with Crippen molar-refractivity contribution in [3.05, 3.63) is 41.5 Å². The summed E-state index contributed by atoms with van der Waals surface area (Å²) in [5.41, 5.74) is 3.15. The maximum Gasteiger partial charge on any atom is 0.136 e. The number of fused-ring (bicyclic) bond motifs is 2. The summed E-state index contributed by atoms with van der Waals surface area (Å²) < 4.78 is 5.13. The summed E-state index contributed by atoms with van der Waals surface area (Å²) in [6.45, 7) is 5.80. The third-order valence-corrected chi connectivity index (χ3v) is 4.27. The third kappa shape index (κ3) is 4.14. The molecule has 0 saturated carbocycles. The molecule has 1 aromatic rings. The minimum atomic E-state index is 0.472. The van der Waals surface area contributed by atoms with Crippen LogP contribution in [-0.4, -0.2) is 44.0 Å². The van der Waals surface area contributed by atoms with Crippen LogP contribution in [0.1, 0.15) is 18.9 Å². The van der Waals surface area contributed by atoms with E-state index >= 15 is 0 Å². The van der Waals surface area contributed by atoms with Crippen LogP contribution >= 0.6 is 0 Å². The number of hydrogen-bond acceptors (Lipinski definition) is 4. The van der Waals surface area contributed by atoms with Crippen LogP contribution in [0.5, 0.6) is 5.75 Å².